The molecule has 2 heteroatoms. The molecule has 0 aromatic rings. The van der Waals surface area contributed by atoms with Gasteiger partial charge in [0.25, 0.3) is 0 Å². The van der Waals surface area contributed by atoms with Crippen molar-refractivity contribution in [3.05, 3.63) is 0 Å². The van der Waals surface area contributed by atoms with Gasteiger partial charge in [0.2, 0.25) is 0 Å². The van der Waals surface area contributed by atoms with Gasteiger partial charge in [-0.2, -0.15) is 0 Å². The molecule has 18 heavy (non-hydrogen) atoms. The van der Waals surface area contributed by atoms with E-state index in [0.29, 0.717) is 7.92 Å². The minimum absolute atomic E-state index is 0.516. The van der Waals surface area contributed by atoms with Crippen molar-refractivity contribution in [2.24, 2.45) is 0 Å². The molecular formula is C16H23NiP. The van der Waals surface area contributed by atoms with Crippen LogP contribution in [-0.4, -0.2) is 16.4 Å². The van der Waals surface area contributed by atoms with Crippen molar-refractivity contribution in [1.29, 1.82) is 0 Å². The zero-order valence-electron chi connectivity index (χ0n) is 11.3. The van der Waals surface area contributed by atoms with Crippen molar-refractivity contribution < 1.29 is 6.23 Å². The standard InChI is InChI=1S/C11H18P.C5H5.Ni/c1-3-9-12(10-4-2)11-7-5-6-8-11;1-2-4-5-3-1;/h5-8H,3-4,9-10H2,1-2H3;1-5H;. The quantitative estimate of drug-likeness (QED) is 0.459. The predicted molar refractivity (Wildman–Crippen MR) is 73.7 cm³/mol. The summed E-state index contributed by atoms with van der Waals surface area (Å²) >= 11 is 0. The van der Waals surface area contributed by atoms with E-state index in [2.05, 4.69) is 13.8 Å². The Morgan fingerprint density at radius 2 is 1.22 bits per heavy atom. The molecule has 0 aromatic heterocycles. The fraction of sp³-hybridized carbons (Fsp3) is 1.00. The van der Waals surface area contributed by atoms with Gasteiger partial charge in [0.05, 0.1) is 0 Å². The third-order valence-electron chi connectivity index (χ3n) is 14.6. The number of fused-ring (bicyclic) bond motifs is 10. The monoisotopic (exact) mass is 304 g/mol. The number of hydrogen-bond acceptors (Lipinski definition) is 0. The Labute approximate surface area is 101 Å². The van der Waals surface area contributed by atoms with E-state index in [0.717, 1.165) is 0 Å². The normalized spacial score (nSPS) is 114. The van der Waals surface area contributed by atoms with Gasteiger partial charge in [0, 0.05) is 0 Å². The van der Waals surface area contributed by atoms with Gasteiger partial charge in [0.1, 0.15) is 0 Å². The predicted octanol–water partition coefficient (Wildman–Crippen LogP) is 5.59. The molecule has 1 spiro atoms. The van der Waals surface area contributed by atoms with Crippen molar-refractivity contribution >= 4 is 7.92 Å². The zero-order chi connectivity index (χ0) is 11.4. The van der Waals surface area contributed by atoms with Crippen molar-refractivity contribution in [2.45, 2.75) is 74.8 Å². The van der Waals surface area contributed by atoms with Crippen LogP contribution in [0.25, 0.3) is 0 Å². The number of rotatable bonds is 5. The molecule has 0 bridgehead atoms. The van der Waals surface area contributed by atoms with Crippen LogP contribution in [0.1, 0.15) is 26.7 Å². The summed E-state index contributed by atoms with van der Waals surface area (Å²) in [6.07, 6.45) is 3.93. The molecule has 0 saturated carbocycles. The summed E-state index contributed by atoms with van der Waals surface area (Å²) in [5, 5.41) is 0. The summed E-state index contributed by atoms with van der Waals surface area (Å²) in [6, 6.07) is 0. The minimum atomic E-state index is -2.50. The number of hydrogen-bond donors (Lipinski definition) is 0. The summed E-state index contributed by atoms with van der Waals surface area (Å²) in [7, 11) is 0.516. The summed E-state index contributed by atoms with van der Waals surface area (Å²) in [6.45, 7) is 4.96. The molecular weight excluding hydrogens is 282 g/mol. The first-order chi connectivity index (χ1) is 8.56. The van der Waals surface area contributed by atoms with Crippen LogP contribution in [0, 0.1) is 0 Å². The molecule has 10 aliphatic rings. The second-order valence-electron chi connectivity index (χ2n) is 10.8. The Morgan fingerprint density at radius 1 is 0.778 bits per heavy atom. The Bertz CT molecular complexity index is 859. The van der Waals surface area contributed by atoms with Gasteiger partial charge in [-0.15, -0.1) is 0 Å². The Morgan fingerprint density at radius 3 is 1.44 bits per heavy atom. The van der Waals surface area contributed by atoms with Crippen molar-refractivity contribution in [3.8, 4) is 0 Å². The van der Waals surface area contributed by atoms with E-state index < -0.39 is 6.23 Å². The van der Waals surface area contributed by atoms with Gasteiger partial charge in [-0.3, -0.25) is 0 Å². The van der Waals surface area contributed by atoms with Gasteiger partial charge in [-0.25, -0.2) is 0 Å². The summed E-state index contributed by atoms with van der Waals surface area (Å²) < 4.78 is 1.27. The van der Waals surface area contributed by atoms with E-state index in [1.165, 1.54) is 17.0 Å². The Hall–Kier alpha value is 0.924. The van der Waals surface area contributed by atoms with Crippen molar-refractivity contribution in [2.75, 3.05) is 12.3 Å². The molecule has 10 saturated heterocycles. The first-order valence-corrected chi connectivity index (χ1v) is 15.7. The second-order valence-corrected chi connectivity index (χ2v) is 35.0. The molecule has 10 fully saturated rings. The topological polar surface area (TPSA) is 0 Å². The van der Waals surface area contributed by atoms with E-state index in [1.807, 2.05) is 0 Å². The van der Waals surface area contributed by atoms with Gasteiger partial charge in [-0.05, 0) is 0 Å². The van der Waals surface area contributed by atoms with Gasteiger partial charge >= 0.3 is 101 Å². The summed E-state index contributed by atoms with van der Waals surface area (Å²) in [4.78, 5) is 14.0. The summed E-state index contributed by atoms with van der Waals surface area (Å²) in [5.41, 5.74) is 0. The third kappa shape index (κ3) is 0.0841. The van der Waals surface area contributed by atoms with Crippen LogP contribution < -0.4 is 0 Å². The fourth-order valence-electron chi connectivity index (χ4n) is 16.1. The molecule has 0 N–H and O–H groups in total. The molecule has 0 aliphatic carbocycles. The van der Waals surface area contributed by atoms with E-state index in [9.17, 15) is 0 Å². The molecule has 10 heterocycles. The molecule has 4 atom stereocenters. The van der Waals surface area contributed by atoms with Gasteiger partial charge in [0.15, 0.2) is 0 Å². The van der Waals surface area contributed by atoms with Crippen LogP contribution in [0.4, 0.5) is 0 Å². The van der Waals surface area contributed by atoms with E-state index in [1.54, 1.807) is 56.3 Å². The first kappa shape index (κ1) is 7.80. The molecule has 102 valence electrons. The van der Waals surface area contributed by atoms with Crippen LogP contribution in [0.2, 0.25) is 44.0 Å². The van der Waals surface area contributed by atoms with Crippen LogP contribution in [-0.2, 0) is 6.23 Å². The fourth-order valence-corrected chi connectivity index (χ4v) is 94.8. The van der Waals surface area contributed by atoms with Gasteiger partial charge in [-0.1, -0.05) is 0 Å². The maximum absolute atomic E-state index is 2.50. The zero-order valence-corrected chi connectivity index (χ0v) is 13.2. The third-order valence-corrected chi connectivity index (χ3v) is 59.9. The maximum atomic E-state index is 2.48. The van der Waals surface area contributed by atoms with Gasteiger partial charge < -0.3 is 0 Å². The Balaban J connectivity index is 1.45. The van der Waals surface area contributed by atoms with Crippen LogP contribution in [0.15, 0.2) is 0 Å². The molecule has 10 rings (SSSR count). The SMILES string of the molecule is CCCP(CCC)[C]12[CH]3[CH]4[CH]5[CH]1[Ni]45321678[CH]2[CH]1[CH]6[CH]7[CH]28. The van der Waals surface area contributed by atoms with Crippen molar-refractivity contribution in [1.82, 2.24) is 0 Å². The summed E-state index contributed by atoms with van der Waals surface area (Å²) in [5.74, 6) is 0. The second kappa shape index (κ2) is 0.695. The first-order valence-electron chi connectivity index (χ1n) is 8.32. The molecule has 0 radical (unpaired) electrons. The van der Waals surface area contributed by atoms with Crippen LogP contribution in [0.5, 0.6) is 0 Å². The molecule has 4 unspecified atom stereocenters. The van der Waals surface area contributed by atoms with E-state index in [4.69, 9.17) is 0 Å². The average molecular weight is 305 g/mol. The van der Waals surface area contributed by atoms with E-state index >= 15 is 0 Å². The average Bonchev–Trinajstić information content (AvgIpc) is 3.31. The van der Waals surface area contributed by atoms with E-state index in [-0.39, 0.29) is 0 Å². The van der Waals surface area contributed by atoms with Crippen molar-refractivity contribution in [3.63, 3.8) is 0 Å². The molecule has 0 nitrogen and oxygen atoms in total. The molecule has 0 amide bonds. The Kier molecular flexibility index (Phi) is 0.301. The van der Waals surface area contributed by atoms with Crippen LogP contribution >= 0.6 is 7.92 Å². The molecule has 10 aliphatic heterocycles. The van der Waals surface area contributed by atoms with Crippen LogP contribution in [0.3, 0.4) is 0 Å². The molecule has 0 aromatic carbocycles.